The van der Waals surface area contributed by atoms with Crippen molar-refractivity contribution in [2.75, 3.05) is 23.3 Å². The molecule has 7 heteroatoms. The number of nitrogen functional groups attached to an aromatic ring is 2. The summed E-state index contributed by atoms with van der Waals surface area (Å²) in [6, 6.07) is 7.98. The Labute approximate surface area is 130 Å². The molecule has 0 fully saturated rings. The van der Waals surface area contributed by atoms with Crippen molar-refractivity contribution in [3.05, 3.63) is 45.5 Å². The van der Waals surface area contributed by atoms with Gasteiger partial charge in [0.25, 0.3) is 0 Å². The van der Waals surface area contributed by atoms with E-state index in [1.165, 1.54) is 0 Å². The number of halogens is 2. The van der Waals surface area contributed by atoms with E-state index in [4.69, 9.17) is 23.1 Å². The van der Waals surface area contributed by atoms with Gasteiger partial charge in [0.15, 0.2) is 11.0 Å². The molecule has 0 aliphatic rings. The van der Waals surface area contributed by atoms with Gasteiger partial charge in [0.2, 0.25) is 5.95 Å². The molecule has 104 valence electrons. The van der Waals surface area contributed by atoms with E-state index in [1.54, 1.807) is 0 Å². The summed E-state index contributed by atoms with van der Waals surface area (Å²) in [4.78, 5) is 7.76. The Hall–Kier alpha value is -1.79. The van der Waals surface area contributed by atoms with Gasteiger partial charge in [0, 0.05) is 11.0 Å². The molecular weight excluding hydrogens is 342 g/mol. The van der Waals surface area contributed by atoms with Gasteiger partial charge in [-0.1, -0.05) is 51.8 Å². The number of hydrogen-bond acceptors (Lipinski definition) is 5. The third kappa shape index (κ3) is 3.85. The van der Waals surface area contributed by atoms with E-state index >= 15 is 0 Å². The second-order valence-electron chi connectivity index (χ2n) is 3.97. The maximum Gasteiger partial charge on any atom is 0.223 e. The highest BCUT2D eigenvalue weighted by molar-refractivity contribution is 9.10. The van der Waals surface area contributed by atoms with Crippen LogP contribution in [0.4, 0.5) is 17.5 Å². The smallest absolute Gasteiger partial charge is 0.223 e. The van der Waals surface area contributed by atoms with Gasteiger partial charge in [0.1, 0.15) is 5.69 Å². The van der Waals surface area contributed by atoms with Gasteiger partial charge in [-0.3, -0.25) is 0 Å². The number of nitrogens with one attached hydrogen (secondary N) is 1. The molecule has 0 aliphatic carbocycles. The van der Waals surface area contributed by atoms with Gasteiger partial charge in [-0.15, -0.1) is 0 Å². The monoisotopic (exact) mass is 353 g/mol. The molecule has 0 bridgehead atoms. The maximum atomic E-state index is 5.82. The topological polar surface area (TPSA) is 89.8 Å². The van der Waals surface area contributed by atoms with Crippen molar-refractivity contribution in [1.29, 1.82) is 0 Å². The molecule has 0 saturated carbocycles. The Morgan fingerprint density at radius 2 is 1.90 bits per heavy atom. The minimum absolute atomic E-state index is 0.0867. The molecule has 20 heavy (non-hydrogen) atoms. The van der Waals surface area contributed by atoms with E-state index in [0.29, 0.717) is 12.4 Å². The van der Waals surface area contributed by atoms with Gasteiger partial charge in [-0.25, -0.2) is 0 Å². The Bertz CT molecular complexity index is 627. The van der Waals surface area contributed by atoms with Crippen LogP contribution in [-0.4, -0.2) is 16.5 Å². The fourth-order valence-corrected chi connectivity index (χ4v) is 1.96. The van der Waals surface area contributed by atoms with Crippen molar-refractivity contribution in [3.8, 4) is 0 Å². The molecule has 0 spiro atoms. The number of nitrogens with zero attached hydrogens (tertiary/aromatic N) is 2. The van der Waals surface area contributed by atoms with Crippen LogP contribution in [0, 0.1) is 0 Å². The average molecular weight is 355 g/mol. The van der Waals surface area contributed by atoms with Crippen molar-refractivity contribution in [1.82, 2.24) is 9.97 Å². The fraction of sp³-hybridized carbons (Fsp3) is 0.0769. The van der Waals surface area contributed by atoms with Crippen LogP contribution >= 0.6 is 27.5 Å². The zero-order valence-corrected chi connectivity index (χ0v) is 12.8. The second kappa shape index (κ2) is 6.58. The van der Waals surface area contributed by atoms with Gasteiger partial charge < -0.3 is 16.8 Å². The van der Waals surface area contributed by atoms with Crippen molar-refractivity contribution in [2.45, 2.75) is 0 Å². The number of benzene rings is 1. The van der Waals surface area contributed by atoms with Gasteiger partial charge in [-0.2, -0.15) is 9.97 Å². The molecule has 0 radical (unpaired) electrons. The predicted octanol–water partition coefficient (Wildman–Crippen LogP) is 3.18. The number of rotatable bonds is 4. The molecule has 1 heterocycles. The average Bonchev–Trinajstić information content (AvgIpc) is 2.42. The van der Waals surface area contributed by atoms with Gasteiger partial charge in [-0.05, 0) is 17.7 Å². The van der Waals surface area contributed by atoms with Crippen molar-refractivity contribution in [2.24, 2.45) is 0 Å². The summed E-state index contributed by atoms with van der Waals surface area (Å²) < 4.78 is 1.05. The largest absolute Gasteiger partial charge is 0.393 e. The van der Waals surface area contributed by atoms with Crippen molar-refractivity contribution < 1.29 is 0 Å². The van der Waals surface area contributed by atoms with E-state index in [-0.39, 0.29) is 16.8 Å². The minimum atomic E-state index is 0.0867. The Morgan fingerprint density at radius 3 is 2.60 bits per heavy atom. The molecule has 5 N–H and O–H groups in total. The zero-order valence-electron chi connectivity index (χ0n) is 10.5. The van der Waals surface area contributed by atoms with Crippen molar-refractivity contribution in [3.63, 3.8) is 0 Å². The minimum Gasteiger partial charge on any atom is -0.393 e. The van der Waals surface area contributed by atoms with E-state index in [1.807, 2.05) is 36.4 Å². The molecule has 1 aromatic carbocycles. The van der Waals surface area contributed by atoms with Crippen LogP contribution in [0.1, 0.15) is 5.56 Å². The molecule has 1 aromatic heterocycles. The first-order chi connectivity index (χ1) is 9.56. The van der Waals surface area contributed by atoms with Crippen LogP contribution in [0.3, 0.4) is 0 Å². The highest BCUT2D eigenvalue weighted by Crippen LogP contribution is 2.24. The summed E-state index contributed by atoms with van der Waals surface area (Å²) in [7, 11) is 0. The number of anilines is 3. The summed E-state index contributed by atoms with van der Waals surface area (Å²) in [6.45, 7) is 0.549. The molecule has 0 amide bonds. The molecular formula is C13H13BrClN5. The van der Waals surface area contributed by atoms with Gasteiger partial charge in [0.05, 0.1) is 0 Å². The normalized spacial score (nSPS) is 10.9. The molecule has 2 rings (SSSR count). The number of nitrogens with two attached hydrogens (primary N) is 2. The van der Waals surface area contributed by atoms with E-state index < -0.39 is 0 Å². The summed E-state index contributed by atoms with van der Waals surface area (Å²) >= 11 is 9.21. The third-order valence-electron chi connectivity index (χ3n) is 2.48. The first-order valence-electron chi connectivity index (χ1n) is 5.80. The lowest BCUT2D eigenvalue weighted by molar-refractivity contribution is 1.16. The zero-order chi connectivity index (χ0) is 14.5. The van der Waals surface area contributed by atoms with Crippen LogP contribution in [0.15, 0.2) is 34.8 Å². The van der Waals surface area contributed by atoms with Crippen LogP contribution in [0.2, 0.25) is 5.15 Å². The summed E-state index contributed by atoms with van der Waals surface area (Å²) in [5.74, 6) is 0.520. The molecule has 2 aromatic rings. The first kappa shape index (κ1) is 14.6. The number of aromatic nitrogens is 2. The van der Waals surface area contributed by atoms with Crippen LogP contribution in [0.5, 0.6) is 0 Å². The van der Waals surface area contributed by atoms with Gasteiger partial charge >= 0.3 is 0 Å². The predicted molar refractivity (Wildman–Crippen MR) is 87.5 cm³/mol. The molecule has 0 saturated heterocycles. The molecule has 0 atom stereocenters. The Kier molecular flexibility index (Phi) is 4.81. The highest BCUT2D eigenvalue weighted by Gasteiger charge is 2.07. The summed E-state index contributed by atoms with van der Waals surface area (Å²) in [5, 5.41) is 3.19. The molecule has 0 unspecified atom stereocenters. The van der Waals surface area contributed by atoms with Crippen LogP contribution < -0.4 is 16.8 Å². The van der Waals surface area contributed by atoms with E-state index in [9.17, 15) is 0 Å². The van der Waals surface area contributed by atoms with E-state index in [0.717, 1.165) is 10.0 Å². The molecule has 5 nitrogen and oxygen atoms in total. The van der Waals surface area contributed by atoms with Crippen molar-refractivity contribution >= 4 is 51.1 Å². The summed E-state index contributed by atoms with van der Waals surface area (Å²) in [5.41, 5.74) is 12.7. The lowest BCUT2D eigenvalue weighted by Crippen LogP contribution is -2.08. The van der Waals surface area contributed by atoms with Crippen LogP contribution in [0.25, 0.3) is 6.08 Å². The quantitative estimate of drug-likeness (QED) is 0.734. The van der Waals surface area contributed by atoms with Crippen LogP contribution in [-0.2, 0) is 0 Å². The summed E-state index contributed by atoms with van der Waals surface area (Å²) in [6.07, 6.45) is 3.94. The lowest BCUT2D eigenvalue weighted by atomic mass is 10.2. The first-order valence-corrected chi connectivity index (χ1v) is 6.98. The highest BCUT2D eigenvalue weighted by atomic mass is 79.9. The maximum absolute atomic E-state index is 5.82. The Balaban J connectivity index is 1.98. The third-order valence-corrected chi connectivity index (χ3v) is 3.30. The van der Waals surface area contributed by atoms with E-state index in [2.05, 4.69) is 31.2 Å². The standard InChI is InChI=1S/C13H13BrClN5/c14-9-5-3-8(4-6-9)2-1-7-18-12-10(16)11(15)19-13(17)20-12/h1-6H,7,16H2,(H3,17,18,19,20). The lowest BCUT2D eigenvalue weighted by Gasteiger charge is -2.07. The molecule has 0 aliphatic heterocycles. The number of hydrogen-bond donors (Lipinski definition) is 3. The fourth-order valence-electron chi connectivity index (χ4n) is 1.52. The SMILES string of the molecule is Nc1nc(Cl)c(N)c(NCC=Cc2ccc(Br)cc2)n1. The second-order valence-corrected chi connectivity index (χ2v) is 5.24. The Morgan fingerprint density at radius 1 is 1.20 bits per heavy atom.